The first-order valence-electron chi connectivity index (χ1n) is 18.8. The fourth-order valence-corrected chi connectivity index (χ4v) is 4.69. The molecule has 6 nitrogen and oxygen atoms in total. The molecule has 0 bridgehead atoms. The van der Waals surface area contributed by atoms with Crippen LogP contribution < -0.4 is 5.73 Å². The van der Waals surface area contributed by atoms with E-state index in [2.05, 4.69) is 50.1 Å². The van der Waals surface area contributed by atoms with Gasteiger partial charge >= 0.3 is 0 Å². The van der Waals surface area contributed by atoms with Crippen molar-refractivity contribution in [2.75, 3.05) is 31.9 Å². The third kappa shape index (κ3) is 33.4. The Labute approximate surface area is 309 Å². The zero-order chi connectivity index (χ0) is 39.0. The Kier molecular flexibility index (Phi) is 48.9. The zero-order valence-corrected chi connectivity index (χ0v) is 35.0. The SMILES string of the molecule is C=C(C)/C=C(/N)CC(=N)/C=C/c1cccc(CN2CCCC(C(=O)N(CC)CC)C2)c1.C=CSCCC=O.CC.CC.CC.CC.CCC. The van der Waals surface area contributed by atoms with E-state index >= 15 is 0 Å². The quantitative estimate of drug-likeness (QED) is 0.0871. The van der Waals surface area contributed by atoms with E-state index in [1.165, 1.54) is 12.0 Å². The highest BCUT2D eigenvalue weighted by molar-refractivity contribution is 8.02. The maximum absolute atomic E-state index is 12.7. The van der Waals surface area contributed by atoms with Crippen LogP contribution in [0.25, 0.3) is 6.08 Å². The number of rotatable bonds is 14. The first-order valence-corrected chi connectivity index (χ1v) is 19.8. The van der Waals surface area contributed by atoms with Crippen LogP contribution in [0.1, 0.15) is 133 Å². The number of carbonyl (C=O) groups is 2. The first-order chi connectivity index (χ1) is 23.6. The minimum absolute atomic E-state index is 0.106. The minimum atomic E-state index is 0.106. The van der Waals surface area contributed by atoms with Gasteiger partial charge in [0.1, 0.15) is 6.29 Å². The van der Waals surface area contributed by atoms with Crippen molar-refractivity contribution < 1.29 is 9.59 Å². The van der Waals surface area contributed by atoms with Gasteiger partial charge in [-0.3, -0.25) is 9.69 Å². The van der Waals surface area contributed by atoms with Crippen LogP contribution in [0.5, 0.6) is 0 Å². The third-order valence-corrected chi connectivity index (χ3v) is 6.77. The van der Waals surface area contributed by atoms with Gasteiger partial charge in [0.15, 0.2) is 0 Å². The molecule has 284 valence electrons. The van der Waals surface area contributed by atoms with E-state index in [0.29, 0.717) is 30.2 Å². The molecule has 0 radical (unpaired) electrons. The second kappa shape index (κ2) is 43.1. The molecule has 2 rings (SSSR count). The van der Waals surface area contributed by atoms with Crippen molar-refractivity contribution in [2.24, 2.45) is 11.7 Å². The van der Waals surface area contributed by atoms with Crippen molar-refractivity contribution in [1.82, 2.24) is 9.80 Å². The normalized spacial score (nSPS) is 13.2. The van der Waals surface area contributed by atoms with Crippen LogP contribution in [0.2, 0.25) is 0 Å². The van der Waals surface area contributed by atoms with E-state index in [0.717, 1.165) is 68.7 Å². The molecule has 1 aromatic rings. The van der Waals surface area contributed by atoms with Gasteiger partial charge in [0.25, 0.3) is 0 Å². The van der Waals surface area contributed by atoms with Gasteiger partial charge in [-0.1, -0.05) is 125 Å². The number of aldehydes is 1. The number of hydrogen-bond acceptors (Lipinski definition) is 6. The van der Waals surface area contributed by atoms with Crippen LogP contribution in [0, 0.1) is 11.3 Å². The van der Waals surface area contributed by atoms with Gasteiger partial charge < -0.3 is 20.8 Å². The lowest BCUT2D eigenvalue weighted by atomic mass is 9.96. The number of likely N-dealkylation sites (tertiary alicyclic amines) is 1. The lowest BCUT2D eigenvalue weighted by molar-refractivity contribution is -0.137. The molecule has 0 saturated carbocycles. The molecular weight excluding hydrogens is 625 g/mol. The second-order valence-electron chi connectivity index (χ2n) is 10.1. The monoisotopic (exact) mass is 703 g/mol. The Morgan fingerprint density at radius 2 is 1.63 bits per heavy atom. The van der Waals surface area contributed by atoms with E-state index in [1.807, 2.05) is 93.2 Å². The van der Waals surface area contributed by atoms with Crippen LogP contribution in [-0.2, 0) is 16.1 Å². The molecule has 1 aliphatic rings. The number of nitrogens with two attached hydrogens (primary N) is 1. The van der Waals surface area contributed by atoms with E-state index in [4.69, 9.17) is 11.1 Å². The highest BCUT2D eigenvalue weighted by Gasteiger charge is 2.28. The number of hydrogen-bond donors (Lipinski definition) is 2. The van der Waals surface area contributed by atoms with Crippen molar-refractivity contribution >= 4 is 35.7 Å². The maximum atomic E-state index is 12.7. The number of nitrogens with zero attached hydrogens (tertiary/aromatic N) is 2. The molecule has 7 heteroatoms. The predicted octanol–water partition coefficient (Wildman–Crippen LogP) is 11.6. The summed E-state index contributed by atoms with van der Waals surface area (Å²) in [7, 11) is 0. The van der Waals surface area contributed by atoms with Gasteiger partial charge in [-0.2, -0.15) is 0 Å². The Morgan fingerprint density at radius 3 is 2.12 bits per heavy atom. The van der Waals surface area contributed by atoms with E-state index in [-0.39, 0.29) is 5.92 Å². The molecule has 1 aliphatic heterocycles. The van der Waals surface area contributed by atoms with Gasteiger partial charge in [-0.05, 0) is 68.8 Å². The topological polar surface area (TPSA) is 90.5 Å². The first kappa shape index (κ1) is 55.5. The van der Waals surface area contributed by atoms with Crippen molar-refractivity contribution in [3.63, 3.8) is 0 Å². The van der Waals surface area contributed by atoms with E-state index in [9.17, 15) is 9.59 Å². The Bertz CT molecular complexity index is 992. The average molecular weight is 703 g/mol. The number of nitrogens with one attached hydrogen (secondary N) is 1. The number of amides is 1. The average Bonchev–Trinajstić information content (AvgIpc) is 3.12. The number of carbonyl (C=O) groups excluding carboxylic acids is 2. The zero-order valence-electron chi connectivity index (χ0n) is 34.2. The molecule has 49 heavy (non-hydrogen) atoms. The Morgan fingerprint density at radius 1 is 1.06 bits per heavy atom. The van der Waals surface area contributed by atoms with Gasteiger partial charge in [0, 0.05) is 56.2 Å². The van der Waals surface area contributed by atoms with Crippen LogP contribution in [0.3, 0.4) is 0 Å². The van der Waals surface area contributed by atoms with Crippen molar-refractivity contribution in [3.05, 3.63) is 77.4 Å². The van der Waals surface area contributed by atoms with Crippen LogP contribution >= 0.6 is 11.8 Å². The van der Waals surface area contributed by atoms with E-state index < -0.39 is 0 Å². The smallest absolute Gasteiger partial charge is 0.226 e. The molecule has 1 fully saturated rings. The number of piperidine rings is 1. The number of allylic oxidation sites excluding steroid dienone is 4. The molecule has 0 aliphatic carbocycles. The molecule has 1 heterocycles. The van der Waals surface area contributed by atoms with Gasteiger partial charge in [0.2, 0.25) is 5.91 Å². The van der Waals surface area contributed by atoms with Crippen LogP contribution in [-0.4, -0.2) is 59.6 Å². The van der Waals surface area contributed by atoms with Gasteiger partial charge in [0.05, 0.1) is 5.92 Å². The lowest BCUT2D eigenvalue weighted by Gasteiger charge is -2.34. The summed E-state index contributed by atoms with van der Waals surface area (Å²) in [6.07, 6.45) is 10.8. The van der Waals surface area contributed by atoms with E-state index in [1.54, 1.807) is 29.3 Å². The molecule has 0 spiro atoms. The fourth-order valence-electron chi connectivity index (χ4n) is 4.29. The summed E-state index contributed by atoms with van der Waals surface area (Å²) in [6, 6.07) is 8.39. The number of thioether (sulfide) groups is 1. The van der Waals surface area contributed by atoms with Crippen molar-refractivity contribution in [1.29, 1.82) is 5.41 Å². The van der Waals surface area contributed by atoms with Crippen LogP contribution in [0.15, 0.2) is 66.3 Å². The Balaban J connectivity index is -0.000000301. The number of benzene rings is 1. The molecule has 1 saturated heterocycles. The predicted molar refractivity (Wildman–Crippen MR) is 226 cm³/mol. The van der Waals surface area contributed by atoms with Gasteiger partial charge in [-0.25, -0.2) is 0 Å². The summed E-state index contributed by atoms with van der Waals surface area (Å²) < 4.78 is 0. The molecule has 0 aromatic heterocycles. The molecule has 1 aromatic carbocycles. The lowest BCUT2D eigenvalue weighted by Crippen LogP contribution is -2.44. The third-order valence-electron chi connectivity index (χ3n) is 6.06. The van der Waals surface area contributed by atoms with Crippen molar-refractivity contribution in [3.8, 4) is 0 Å². The summed E-state index contributed by atoms with van der Waals surface area (Å²) in [5, 5.41) is 9.86. The highest BCUT2D eigenvalue weighted by Crippen LogP contribution is 2.21. The summed E-state index contributed by atoms with van der Waals surface area (Å²) in [5.41, 5.74) is 10.2. The summed E-state index contributed by atoms with van der Waals surface area (Å²) in [4.78, 5) is 26.7. The standard InChI is InChI=1S/C26H38N4O.C5H8OS.C3H8.4C2H6/c1-5-30(6-2)26(31)23-11-8-14-29(19-23)18-22-10-7-9-21(16-22)12-13-24(27)17-25(28)15-20(3)4;1-2-7-5-3-4-6;1-3-2;4*1-2/h7,9-10,12-13,15-16,23,27H,3,5-6,8,11,14,17-19,28H2,1-2,4H3;2,4H,1,3,5H2;3H2,1-2H3;4*1-2H3/b13-12+,25-15+,27-24?;;;;;;. The Hall–Kier alpha value is -2.90. The molecule has 1 amide bonds. The summed E-state index contributed by atoms with van der Waals surface area (Å²) in [6.45, 7) is 37.8. The highest BCUT2D eigenvalue weighted by atomic mass is 32.2. The van der Waals surface area contributed by atoms with Crippen molar-refractivity contribution in [2.45, 2.75) is 129 Å². The summed E-state index contributed by atoms with van der Waals surface area (Å²) >= 11 is 1.57. The summed E-state index contributed by atoms with van der Waals surface area (Å²) in [5.74, 6) is 1.27. The van der Waals surface area contributed by atoms with Crippen LogP contribution in [0.4, 0.5) is 0 Å². The molecule has 1 atom stereocenters. The minimum Gasteiger partial charge on any atom is -0.402 e. The fraction of sp³-hybridized carbons (Fsp3) is 0.595. The largest absolute Gasteiger partial charge is 0.402 e. The molecule has 1 unspecified atom stereocenters. The molecular formula is C42H78N4O2S. The van der Waals surface area contributed by atoms with Gasteiger partial charge in [-0.15, -0.1) is 11.8 Å². The maximum Gasteiger partial charge on any atom is 0.226 e. The molecule has 3 N–H and O–H groups in total. The second-order valence-corrected chi connectivity index (χ2v) is 11.2.